The summed E-state index contributed by atoms with van der Waals surface area (Å²) in [5.41, 5.74) is 0.870. The van der Waals surface area contributed by atoms with E-state index in [-0.39, 0.29) is 5.56 Å². The minimum absolute atomic E-state index is 0.202. The zero-order valence-corrected chi connectivity index (χ0v) is 13.2. The number of rotatable bonds is 3. The molecule has 0 unspecified atom stereocenters. The number of hydrogen-bond donors (Lipinski definition) is 1. The second-order valence-corrected chi connectivity index (χ2v) is 5.87. The van der Waals surface area contributed by atoms with Crippen molar-refractivity contribution in [2.45, 2.75) is 5.03 Å². The maximum absolute atomic E-state index is 11.1. The summed E-state index contributed by atoms with van der Waals surface area (Å²) < 4.78 is 2.32. The van der Waals surface area contributed by atoms with Crippen LogP contribution < -0.4 is 0 Å². The summed E-state index contributed by atoms with van der Waals surface area (Å²) in [6, 6.07) is 4.90. The minimum Gasteiger partial charge on any atom is -0.478 e. The molecule has 0 aliphatic heterocycles. The number of nitrogens with zero attached hydrogens (tertiary/aromatic N) is 4. The standard InChI is InChI=1S/C13H9BrN4O2S/c1-21-11-9-3-2-7(12(19)20)4-10(9)18(17-11)13-15-5-8(14)6-16-13/h2-6H,1H3,(H,19,20). The van der Waals surface area contributed by atoms with E-state index in [4.69, 9.17) is 5.11 Å². The third-order valence-corrected chi connectivity index (χ3v) is 3.98. The fourth-order valence-corrected chi connectivity index (χ4v) is 2.70. The lowest BCUT2D eigenvalue weighted by Crippen LogP contribution is -2.03. The normalized spacial score (nSPS) is 11.0. The molecule has 0 fully saturated rings. The molecule has 0 radical (unpaired) electrons. The molecule has 0 aliphatic rings. The number of carboxylic acid groups (broad SMARTS) is 1. The highest BCUT2D eigenvalue weighted by atomic mass is 79.9. The fraction of sp³-hybridized carbons (Fsp3) is 0.0769. The van der Waals surface area contributed by atoms with Gasteiger partial charge in [-0.05, 0) is 40.4 Å². The quantitative estimate of drug-likeness (QED) is 0.719. The second-order valence-electron chi connectivity index (χ2n) is 4.16. The number of aromatic nitrogens is 4. The molecule has 3 aromatic rings. The van der Waals surface area contributed by atoms with E-state index >= 15 is 0 Å². The average Bonchev–Trinajstić information content (AvgIpc) is 2.86. The van der Waals surface area contributed by atoms with Gasteiger partial charge in [0, 0.05) is 17.8 Å². The van der Waals surface area contributed by atoms with Gasteiger partial charge in [-0.2, -0.15) is 9.78 Å². The first-order valence-corrected chi connectivity index (χ1v) is 7.90. The van der Waals surface area contributed by atoms with Crippen LogP contribution in [0.3, 0.4) is 0 Å². The summed E-state index contributed by atoms with van der Waals surface area (Å²) in [6.07, 6.45) is 5.16. The van der Waals surface area contributed by atoms with Crippen LogP contribution in [-0.4, -0.2) is 37.1 Å². The average molecular weight is 365 g/mol. The molecule has 2 heterocycles. The summed E-state index contributed by atoms with van der Waals surface area (Å²) in [7, 11) is 0. The Kier molecular flexibility index (Phi) is 3.64. The molecule has 1 N–H and O–H groups in total. The molecule has 0 saturated carbocycles. The van der Waals surface area contributed by atoms with Crippen molar-refractivity contribution in [3.05, 3.63) is 40.6 Å². The zero-order chi connectivity index (χ0) is 15.0. The van der Waals surface area contributed by atoms with Crippen LogP contribution in [0.1, 0.15) is 10.4 Å². The Morgan fingerprint density at radius 3 is 2.67 bits per heavy atom. The summed E-state index contributed by atoms with van der Waals surface area (Å²) >= 11 is 4.77. The predicted molar refractivity (Wildman–Crippen MR) is 83.1 cm³/mol. The fourth-order valence-electron chi connectivity index (χ4n) is 1.94. The van der Waals surface area contributed by atoms with Gasteiger partial charge in [-0.1, -0.05) is 0 Å². The van der Waals surface area contributed by atoms with Gasteiger partial charge in [-0.15, -0.1) is 11.8 Å². The third kappa shape index (κ3) is 2.52. The second kappa shape index (κ2) is 5.45. The summed E-state index contributed by atoms with van der Waals surface area (Å²) in [5.74, 6) is -0.585. The Morgan fingerprint density at radius 2 is 2.05 bits per heavy atom. The molecule has 0 saturated heterocycles. The molecular formula is C13H9BrN4O2S. The molecule has 1 aromatic carbocycles. The van der Waals surface area contributed by atoms with Crippen LogP contribution in [0.2, 0.25) is 0 Å². The Balaban J connectivity index is 2.27. The van der Waals surface area contributed by atoms with Gasteiger partial charge in [0.1, 0.15) is 5.03 Å². The lowest BCUT2D eigenvalue weighted by molar-refractivity contribution is 0.0697. The molecule has 6 nitrogen and oxygen atoms in total. The maximum Gasteiger partial charge on any atom is 0.335 e. The van der Waals surface area contributed by atoms with Gasteiger partial charge >= 0.3 is 5.97 Å². The number of carboxylic acids is 1. The van der Waals surface area contributed by atoms with Crippen LogP contribution in [0, 0.1) is 0 Å². The topological polar surface area (TPSA) is 80.9 Å². The zero-order valence-electron chi connectivity index (χ0n) is 10.8. The van der Waals surface area contributed by atoms with Gasteiger partial charge < -0.3 is 5.11 Å². The van der Waals surface area contributed by atoms with E-state index in [2.05, 4.69) is 31.0 Å². The van der Waals surface area contributed by atoms with E-state index in [0.29, 0.717) is 11.5 Å². The molecular weight excluding hydrogens is 356 g/mol. The van der Waals surface area contributed by atoms with Crippen LogP contribution in [0.25, 0.3) is 16.9 Å². The first kappa shape index (κ1) is 14.0. The first-order chi connectivity index (χ1) is 10.1. The number of benzene rings is 1. The van der Waals surface area contributed by atoms with E-state index in [9.17, 15) is 4.79 Å². The van der Waals surface area contributed by atoms with E-state index in [0.717, 1.165) is 14.9 Å². The minimum atomic E-state index is -0.980. The molecule has 0 atom stereocenters. The molecule has 3 rings (SSSR count). The first-order valence-electron chi connectivity index (χ1n) is 5.88. The molecule has 0 aliphatic carbocycles. The van der Waals surface area contributed by atoms with Crippen molar-refractivity contribution in [2.75, 3.05) is 6.26 Å². The van der Waals surface area contributed by atoms with Crippen molar-refractivity contribution in [2.24, 2.45) is 0 Å². The molecule has 106 valence electrons. The highest BCUT2D eigenvalue weighted by molar-refractivity contribution is 9.10. The summed E-state index contributed by atoms with van der Waals surface area (Å²) in [5, 5.41) is 15.3. The van der Waals surface area contributed by atoms with Gasteiger partial charge in [0.25, 0.3) is 5.95 Å². The SMILES string of the molecule is CSc1nn(-c2ncc(Br)cn2)c2cc(C(=O)O)ccc12. The van der Waals surface area contributed by atoms with Gasteiger partial charge in [0.05, 0.1) is 15.6 Å². The molecule has 2 aromatic heterocycles. The van der Waals surface area contributed by atoms with Crippen LogP contribution in [-0.2, 0) is 0 Å². The van der Waals surface area contributed by atoms with Crippen molar-refractivity contribution in [3.8, 4) is 5.95 Å². The predicted octanol–water partition coefficient (Wildman–Crippen LogP) is 3.00. The molecule has 0 amide bonds. The van der Waals surface area contributed by atoms with Crippen LogP contribution in [0.5, 0.6) is 0 Å². The monoisotopic (exact) mass is 364 g/mol. The lowest BCUT2D eigenvalue weighted by atomic mass is 10.2. The van der Waals surface area contributed by atoms with Gasteiger partial charge in [-0.25, -0.2) is 14.8 Å². The van der Waals surface area contributed by atoms with Crippen LogP contribution in [0.15, 0.2) is 40.1 Å². The number of thioether (sulfide) groups is 1. The van der Waals surface area contributed by atoms with E-state index < -0.39 is 5.97 Å². The Bertz CT molecular complexity index is 832. The Hall–Kier alpha value is -1.93. The Labute approximate surface area is 132 Å². The van der Waals surface area contributed by atoms with Crippen LogP contribution >= 0.6 is 27.7 Å². The summed E-state index contributed by atoms with van der Waals surface area (Å²) in [6.45, 7) is 0. The Morgan fingerprint density at radius 1 is 1.33 bits per heavy atom. The maximum atomic E-state index is 11.1. The number of hydrogen-bond acceptors (Lipinski definition) is 5. The molecule has 0 bridgehead atoms. The number of halogens is 1. The number of aromatic carboxylic acids is 1. The smallest absolute Gasteiger partial charge is 0.335 e. The number of carbonyl (C=O) groups is 1. The van der Waals surface area contributed by atoms with Gasteiger partial charge in [0.15, 0.2) is 0 Å². The summed E-state index contributed by atoms with van der Waals surface area (Å²) in [4.78, 5) is 19.6. The number of fused-ring (bicyclic) bond motifs is 1. The molecule has 21 heavy (non-hydrogen) atoms. The van der Waals surface area contributed by atoms with E-state index in [1.165, 1.54) is 11.8 Å². The van der Waals surface area contributed by atoms with Gasteiger partial charge in [-0.3, -0.25) is 0 Å². The highest BCUT2D eigenvalue weighted by Crippen LogP contribution is 2.28. The molecule has 0 spiro atoms. The largest absolute Gasteiger partial charge is 0.478 e. The van der Waals surface area contributed by atoms with Gasteiger partial charge in [0.2, 0.25) is 0 Å². The van der Waals surface area contributed by atoms with Crippen molar-refractivity contribution in [3.63, 3.8) is 0 Å². The molecule has 8 heteroatoms. The van der Waals surface area contributed by atoms with Crippen molar-refractivity contribution in [1.29, 1.82) is 0 Å². The third-order valence-electron chi connectivity index (χ3n) is 2.88. The van der Waals surface area contributed by atoms with Crippen molar-refractivity contribution in [1.82, 2.24) is 19.7 Å². The van der Waals surface area contributed by atoms with Crippen molar-refractivity contribution >= 4 is 44.6 Å². The van der Waals surface area contributed by atoms with Crippen LogP contribution in [0.4, 0.5) is 0 Å². The van der Waals surface area contributed by atoms with Crippen molar-refractivity contribution < 1.29 is 9.90 Å². The lowest BCUT2D eigenvalue weighted by Gasteiger charge is -2.01. The highest BCUT2D eigenvalue weighted by Gasteiger charge is 2.15. The van der Waals surface area contributed by atoms with E-state index in [1.807, 2.05) is 6.26 Å². The van der Waals surface area contributed by atoms with E-state index in [1.54, 1.807) is 35.3 Å².